The second-order valence-corrected chi connectivity index (χ2v) is 7.03. The van der Waals surface area contributed by atoms with Crippen LogP contribution in [0.1, 0.15) is 30.3 Å². The Kier molecular flexibility index (Phi) is 7.07. The van der Waals surface area contributed by atoms with E-state index in [-0.39, 0.29) is 24.4 Å². The van der Waals surface area contributed by atoms with Crippen molar-refractivity contribution in [1.29, 1.82) is 0 Å². The number of carbonyl (C=O) groups excluding carboxylic acids is 1. The van der Waals surface area contributed by atoms with Gasteiger partial charge in [-0.05, 0) is 68.6 Å². The first-order valence-electron chi connectivity index (χ1n) is 9.89. The molecule has 1 fully saturated rings. The minimum Gasteiger partial charge on any atom is -0.494 e. The zero-order valence-electron chi connectivity index (χ0n) is 16.5. The van der Waals surface area contributed by atoms with Gasteiger partial charge >= 0.3 is 0 Å². The van der Waals surface area contributed by atoms with Crippen molar-refractivity contribution in [2.24, 2.45) is 0 Å². The third-order valence-electron chi connectivity index (χ3n) is 5.09. The van der Waals surface area contributed by atoms with Gasteiger partial charge in [0.15, 0.2) is 0 Å². The molecule has 0 bridgehead atoms. The summed E-state index contributed by atoms with van der Waals surface area (Å²) < 4.78 is 5.52. The number of ether oxygens (including phenoxy) is 1. The lowest BCUT2D eigenvalue weighted by atomic mass is 10.0. The Balaban J connectivity index is 0.00000240. The number of pyridine rings is 1. The minimum absolute atomic E-state index is 0. The summed E-state index contributed by atoms with van der Waals surface area (Å²) in [6.07, 6.45) is 1.89. The Hall–Kier alpha value is -2.63. The van der Waals surface area contributed by atoms with E-state index in [0.717, 1.165) is 53.7 Å². The second kappa shape index (κ2) is 9.72. The standard InChI is InChI=1S/C23H25N3O2.ClH/c1-2-28-19-9-7-16(8-10-19)21-15-17-5-3-4-6-20(17)22(26-21)23(27)25-18-11-13-24-14-12-18;/h3-10,15,18,24H,2,11-14H2,1H3,(H,25,27);1H. The van der Waals surface area contributed by atoms with Crippen LogP contribution in [0.25, 0.3) is 22.0 Å². The smallest absolute Gasteiger partial charge is 0.270 e. The molecular weight excluding hydrogens is 386 g/mol. The fourth-order valence-electron chi connectivity index (χ4n) is 3.63. The van der Waals surface area contributed by atoms with Crippen molar-refractivity contribution < 1.29 is 9.53 Å². The Morgan fingerprint density at radius 2 is 1.86 bits per heavy atom. The summed E-state index contributed by atoms with van der Waals surface area (Å²) in [5.74, 6) is 0.729. The molecule has 0 unspecified atom stereocenters. The number of hydrogen-bond donors (Lipinski definition) is 2. The molecule has 1 saturated heterocycles. The predicted octanol–water partition coefficient (Wildman–Crippen LogP) is 4.20. The van der Waals surface area contributed by atoms with Crippen LogP contribution in [0.5, 0.6) is 5.75 Å². The SMILES string of the molecule is CCOc1ccc(-c2cc3ccccc3c(C(=O)NC3CCNCC3)n2)cc1.Cl. The molecule has 2 heterocycles. The van der Waals surface area contributed by atoms with Gasteiger partial charge in [-0.25, -0.2) is 4.98 Å². The maximum Gasteiger partial charge on any atom is 0.270 e. The van der Waals surface area contributed by atoms with E-state index in [9.17, 15) is 4.79 Å². The van der Waals surface area contributed by atoms with Crippen molar-refractivity contribution >= 4 is 29.1 Å². The highest BCUT2D eigenvalue weighted by Crippen LogP contribution is 2.26. The maximum absolute atomic E-state index is 13.0. The number of piperidine rings is 1. The van der Waals surface area contributed by atoms with E-state index < -0.39 is 0 Å². The van der Waals surface area contributed by atoms with Gasteiger partial charge in [-0.3, -0.25) is 4.79 Å². The molecule has 0 atom stereocenters. The Morgan fingerprint density at radius 1 is 1.14 bits per heavy atom. The summed E-state index contributed by atoms with van der Waals surface area (Å²) in [6, 6.07) is 18.0. The average molecular weight is 412 g/mol. The van der Waals surface area contributed by atoms with Crippen molar-refractivity contribution in [3.8, 4) is 17.0 Å². The molecule has 0 radical (unpaired) electrons. The first kappa shape index (κ1) is 21.1. The zero-order chi connectivity index (χ0) is 19.3. The number of nitrogens with one attached hydrogen (secondary N) is 2. The van der Waals surface area contributed by atoms with Crippen molar-refractivity contribution in [2.75, 3.05) is 19.7 Å². The first-order valence-corrected chi connectivity index (χ1v) is 9.89. The zero-order valence-corrected chi connectivity index (χ0v) is 17.3. The Bertz CT molecular complexity index is 970. The van der Waals surface area contributed by atoms with Crippen LogP contribution in [0.4, 0.5) is 0 Å². The van der Waals surface area contributed by atoms with Crippen LogP contribution in [0, 0.1) is 0 Å². The molecule has 6 heteroatoms. The molecule has 3 aromatic rings. The van der Waals surface area contributed by atoms with E-state index in [2.05, 4.69) is 10.6 Å². The van der Waals surface area contributed by atoms with Crippen LogP contribution in [0.3, 0.4) is 0 Å². The summed E-state index contributed by atoms with van der Waals surface area (Å²) in [5, 5.41) is 8.38. The van der Waals surface area contributed by atoms with E-state index in [4.69, 9.17) is 9.72 Å². The van der Waals surface area contributed by atoms with Gasteiger partial charge in [0.25, 0.3) is 5.91 Å². The topological polar surface area (TPSA) is 63.2 Å². The van der Waals surface area contributed by atoms with Crippen molar-refractivity contribution in [3.63, 3.8) is 0 Å². The second-order valence-electron chi connectivity index (χ2n) is 7.03. The highest BCUT2D eigenvalue weighted by molar-refractivity contribution is 6.06. The Labute approximate surface area is 177 Å². The van der Waals surface area contributed by atoms with Crippen LogP contribution >= 0.6 is 12.4 Å². The minimum atomic E-state index is -0.101. The molecule has 29 heavy (non-hydrogen) atoms. The number of hydrogen-bond acceptors (Lipinski definition) is 4. The number of benzene rings is 2. The molecular formula is C23H26ClN3O2. The van der Waals surface area contributed by atoms with E-state index in [1.807, 2.05) is 61.5 Å². The third-order valence-corrected chi connectivity index (χ3v) is 5.09. The quantitative estimate of drug-likeness (QED) is 0.660. The number of halogens is 1. The highest BCUT2D eigenvalue weighted by atomic mass is 35.5. The predicted molar refractivity (Wildman–Crippen MR) is 119 cm³/mol. The fraction of sp³-hybridized carbons (Fsp3) is 0.304. The molecule has 152 valence electrons. The lowest BCUT2D eigenvalue weighted by molar-refractivity contribution is 0.0926. The number of carbonyl (C=O) groups is 1. The molecule has 4 rings (SSSR count). The van der Waals surface area contributed by atoms with Crippen molar-refractivity contribution in [2.45, 2.75) is 25.8 Å². The van der Waals surface area contributed by atoms with Gasteiger partial charge in [0.1, 0.15) is 11.4 Å². The largest absolute Gasteiger partial charge is 0.494 e. The fourth-order valence-corrected chi connectivity index (χ4v) is 3.63. The van der Waals surface area contributed by atoms with Gasteiger partial charge in [0.2, 0.25) is 0 Å². The van der Waals surface area contributed by atoms with Crippen LogP contribution in [0.15, 0.2) is 54.6 Å². The van der Waals surface area contributed by atoms with Crippen LogP contribution in [-0.2, 0) is 0 Å². The van der Waals surface area contributed by atoms with Gasteiger partial charge in [0, 0.05) is 17.0 Å². The van der Waals surface area contributed by atoms with Gasteiger partial charge in [-0.1, -0.05) is 24.3 Å². The van der Waals surface area contributed by atoms with Gasteiger partial charge in [-0.2, -0.15) is 0 Å². The Morgan fingerprint density at radius 3 is 2.59 bits per heavy atom. The van der Waals surface area contributed by atoms with E-state index in [1.54, 1.807) is 0 Å². The van der Waals surface area contributed by atoms with Crippen molar-refractivity contribution in [3.05, 3.63) is 60.3 Å². The number of fused-ring (bicyclic) bond motifs is 1. The van der Waals surface area contributed by atoms with E-state index >= 15 is 0 Å². The molecule has 0 aliphatic carbocycles. The molecule has 0 spiro atoms. The molecule has 5 nitrogen and oxygen atoms in total. The maximum atomic E-state index is 13.0. The van der Waals surface area contributed by atoms with E-state index in [0.29, 0.717) is 12.3 Å². The van der Waals surface area contributed by atoms with Crippen LogP contribution in [-0.4, -0.2) is 36.6 Å². The molecule has 1 amide bonds. The first-order chi connectivity index (χ1) is 13.7. The molecule has 2 aromatic carbocycles. The number of amides is 1. The third kappa shape index (κ3) is 4.86. The van der Waals surface area contributed by atoms with E-state index in [1.165, 1.54) is 0 Å². The van der Waals surface area contributed by atoms with Gasteiger partial charge < -0.3 is 15.4 Å². The number of nitrogens with zero attached hydrogens (tertiary/aromatic N) is 1. The monoisotopic (exact) mass is 411 g/mol. The summed E-state index contributed by atoms with van der Waals surface area (Å²) in [5.41, 5.74) is 2.24. The average Bonchev–Trinajstić information content (AvgIpc) is 2.74. The summed E-state index contributed by atoms with van der Waals surface area (Å²) >= 11 is 0. The van der Waals surface area contributed by atoms with Crippen LogP contribution < -0.4 is 15.4 Å². The lowest BCUT2D eigenvalue weighted by Crippen LogP contribution is -2.43. The highest BCUT2D eigenvalue weighted by Gasteiger charge is 2.20. The van der Waals surface area contributed by atoms with Crippen molar-refractivity contribution in [1.82, 2.24) is 15.6 Å². The lowest BCUT2D eigenvalue weighted by Gasteiger charge is -2.23. The normalized spacial score (nSPS) is 14.2. The molecule has 1 aliphatic heterocycles. The summed E-state index contributed by atoms with van der Waals surface area (Å²) in [4.78, 5) is 17.8. The molecule has 0 saturated carbocycles. The molecule has 1 aliphatic rings. The van der Waals surface area contributed by atoms with Gasteiger partial charge in [-0.15, -0.1) is 12.4 Å². The summed E-state index contributed by atoms with van der Waals surface area (Å²) in [7, 11) is 0. The summed E-state index contributed by atoms with van der Waals surface area (Å²) in [6.45, 7) is 4.47. The van der Waals surface area contributed by atoms with Gasteiger partial charge in [0.05, 0.1) is 12.3 Å². The molecule has 1 aromatic heterocycles. The number of aromatic nitrogens is 1. The number of rotatable bonds is 5. The molecule has 2 N–H and O–H groups in total. The van der Waals surface area contributed by atoms with Crippen LogP contribution in [0.2, 0.25) is 0 Å².